The molecule has 2 rings (SSSR count). The first-order chi connectivity index (χ1) is 10.5. The zero-order chi connectivity index (χ0) is 16.1. The molecule has 3 nitrogen and oxygen atoms in total. The molecule has 2 aromatic rings. The summed E-state index contributed by atoms with van der Waals surface area (Å²) in [4.78, 5) is 11.6. The van der Waals surface area contributed by atoms with Gasteiger partial charge in [0.25, 0.3) is 0 Å². The van der Waals surface area contributed by atoms with Crippen molar-refractivity contribution in [3.8, 4) is 0 Å². The molecule has 0 aliphatic rings. The fraction of sp³-hybridized carbons (Fsp3) is 0.133. The normalized spacial score (nSPS) is 10.4. The average molecular weight is 312 g/mol. The van der Waals surface area contributed by atoms with Crippen LogP contribution in [0.15, 0.2) is 36.4 Å². The molecule has 0 fully saturated rings. The number of nitrogens with one attached hydrogen (secondary N) is 2. The van der Waals surface area contributed by atoms with Crippen LogP contribution >= 0.6 is 0 Å². The van der Waals surface area contributed by atoms with E-state index >= 15 is 0 Å². The number of para-hydroxylation sites is 1. The first kappa shape index (κ1) is 15.8. The van der Waals surface area contributed by atoms with Crippen LogP contribution in [0.5, 0.6) is 0 Å². The van der Waals surface area contributed by atoms with Crippen molar-refractivity contribution < 1.29 is 22.4 Å². The summed E-state index contributed by atoms with van der Waals surface area (Å²) in [6, 6.07) is 6.35. The molecular weight excluding hydrogens is 300 g/mol. The molecule has 7 heteroatoms. The van der Waals surface area contributed by atoms with Crippen LogP contribution in [0, 0.1) is 23.3 Å². The average Bonchev–Trinajstić information content (AvgIpc) is 2.46. The summed E-state index contributed by atoms with van der Waals surface area (Å²) < 4.78 is 52.4. The summed E-state index contributed by atoms with van der Waals surface area (Å²) in [5.41, 5.74) is -0.218. The predicted molar refractivity (Wildman–Crippen MR) is 74.5 cm³/mol. The van der Waals surface area contributed by atoms with Crippen LogP contribution in [0.3, 0.4) is 0 Å². The van der Waals surface area contributed by atoms with Crippen LogP contribution in [0.2, 0.25) is 0 Å². The van der Waals surface area contributed by atoms with Crippen LogP contribution in [0.1, 0.15) is 6.42 Å². The van der Waals surface area contributed by atoms with Gasteiger partial charge >= 0.3 is 0 Å². The van der Waals surface area contributed by atoms with Crippen molar-refractivity contribution in [2.75, 3.05) is 17.2 Å². The van der Waals surface area contributed by atoms with Crippen molar-refractivity contribution in [1.29, 1.82) is 0 Å². The molecule has 0 saturated heterocycles. The summed E-state index contributed by atoms with van der Waals surface area (Å²) >= 11 is 0. The number of amides is 1. The quantitative estimate of drug-likeness (QED) is 0.827. The van der Waals surface area contributed by atoms with Gasteiger partial charge in [0.15, 0.2) is 11.6 Å². The van der Waals surface area contributed by atoms with E-state index < -0.39 is 29.2 Å². The maximum absolute atomic E-state index is 13.3. The Kier molecular flexibility index (Phi) is 4.98. The highest BCUT2D eigenvalue weighted by molar-refractivity contribution is 5.90. The van der Waals surface area contributed by atoms with Crippen LogP contribution in [0.4, 0.5) is 28.9 Å². The summed E-state index contributed by atoms with van der Waals surface area (Å²) in [5.74, 6) is -4.13. The van der Waals surface area contributed by atoms with Gasteiger partial charge in [0.2, 0.25) is 5.91 Å². The van der Waals surface area contributed by atoms with Gasteiger partial charge in [-0.05, 0) is 24.3 Å². The maximum atomic E-state index is 13.3. The number of hydrogen-bond acceptors (Lipinski definition) is 2. The highest BCUT2D eigenvalue weighted by Gasteiger charge is 2.09. The van der Waals surface area contributed by atoms with Crippen molar-refractivity contribution in [3.05, 3.63) is 59.7 Å². The first-order valence-corrected chi connectivity index (χ1v) is 6.40. The van der Waals surface area contributed by atoms with Gasteiger partial charge in [-0.1, -0.05) is 6.07 Å². The van der Waals surface area contributed by atoms with E-state index in [4.69, 9.17) is 0 Å². The zero-order valence-corrected chi connectivity index (χ0v) is 11.3. The zero-order valence-electron chi connectivity index (χ0n) is 11.3. The first-order valence-electron chi connectivity index (χ1n) is 6.40. The van der Waals surface area contributed by atoms with Gasteiger partial charge in [-0.2, -0.15) is 0 Å². The summed E-state index contributed by atoms with van der Waals surface area (Å²) in [7, 11) is 0. The van der Waals surface area contributed by atoms with Crippen LogP contribution in [-0.4, -0.2) is 12.5 Å². The lowest BCUT2D eigenvalue weighted by Gasteiger charge is -2.09. The SMILES string of the molecule is O=C(CCNc1c(F)cccc1F)Nc1ccc(F)c(F)c1. The largest absolute Gasteiger partial charge is 0.380 e. The smallest absolute Gasteiger partial charge is 0.226 e. The number of carbonyl (C=O) groups excluding carboxylic acids is 1. The molecule has 22 heavy (non-hydrogen) atoms. The molecule has 0 spiro atoms. The number of carbonyl (C=O) groups is 1. The Hall–Kier alpha value is -2.57. The molecule has 116 valence electrons. The lowest BCUT2D eigenvalue weighted by molar-refractivity contribution is -0.115. The Morgan fingerprint density at radius 1 is 0.909 bits per heavy atom. The molecule has 2 aromatic carbocycles. The fourth-order valence-corrected chi connectivity index (χ4v) is 1.77. The summed E-state index contributed by atoms with van der Waals surface area (Å²) in [5, 5.41) is 4.83. The molecule has 0 saturated carbocycles. The molecule has 2 N–H and O–H groups in total. The second kappa shape index (κ2) is 6.93. The Labute approximate surface area is 124 Å². The number of hydrogen-bond donors (Lipinski definition) is 2. The van der Waals surface area contributed by atoms with E-state index in [1.807, 2.05) is 0 Å². The molecule has 0 heterocycles. The van der Waals surface area contributed by atoms with Gasteiger partial charge < -0.3 is 10.6 Å². The van der Waals surface area contributed by atoms with E-state index in [1.165, 1.54) is 12.1 Å². The third-order valence-corrected chi connectivity index (χ3v) is 2.82. The highest BCUT2D eigenvalue weighted by Crippen LogP contribution is 2.18. The van der Waals surface area contributed by atoms with E-state index in [1.54, 1.807) is 0 Å². The fourth-order valence-electron chi connectivity index (χ4n) is 1.77. The molecule has 0 aliphatic heterocycles. The Balaban J connectivity index is 1.86. The van der Waals surface area contributed by atoms with Crippen molar-refractivity contribution in [1.82, 2.24) is 0 Å². The molecule has 0 unspecified atom stereocenters. The van der Waals surface area contributed by atoms with Crippen molar-refractivity contribution in [2.45, 2.75) is 6.42 Å². The molecule has 0 bridgehead atoms. The topological polar surface area (TPSA) is 41.1 Å². The van der Waals surface area contributed by atoms with Crippen molar-refractivity contribution >= 4 is 17.3 Å². The molecular formula is C15H12F4N2O. The van der Waals surface area contributed by atoms with E-state index in [0.717, 1.165) is 24.3 Å². The van der Waals surface area contributed by atoms with Crippen LogP contribution in [0.25, 0.3) is 0 Å². The van der Waals surface area contributed by atoms with E-state index in [-0.39, 0.29) is 24.3 Å². The van der Waals surface area contributed by atoms with Gasteiger partial charge in [0.05, 0.1) is 0 Å². The second-order valence-electron chi connectivity index (χ2n) is 4.45. The van der Waals surface area contributed by atoms with Gasteiger partial charge in [-0.25, -0.2) is 17.6 Å². The van der Waals surface area contributed by atoms with E-state index in [2.05, 4.69) is 10.6 Å². The van der Waals surface area contributed by atoms with E-state index in [9.17, 15) is 22.4 Å². The molecule has 0 aliphatic carbocycles. The molecule has 1 amide bonds. The lowest BCUT2D eigenvalue weighted by Crippen LogP contribution is -2.17. The van der Waals surface area contributed by atoms with Crippen LogP contribution in [-0.2, 0) is 4.79 Å². The second-order valence-corrected chi connectivity index (χ2v) is 4.45. The Morgan fingerprint density at radius 2 is 1.59 bits per heavy atom. The van der Waals surface area contributed by atoms with Gasteiger partial charge in [0.1, 0.15) is 17.3 Å². The molecule has 0 atom stereocenters. The minimum absolute atomic E-state index is 0.0205. The minimum Gasteiger partial charge on any atom is -0.380 e. The van der Waals surface area contributed by atoms with E-state index in [0.29, 0.717) is 0 Å². The van der Waals surface area contributed by atoms with Gasteiger partial charge in [-0.15, -0.1) is 0 Å². The number of halogens is 4. The van der Waals surface area contributed by atoms with Gasteiger partial charge in [0, 0.05) is 24.7 Å². The minimum atomic E-state index is -1.08. The van der Waals surface area contributed by atoms with Crippen LogP contribution < -0.4 is 10.6 Å². The summed E-state index contributed by atoms with van der Waals surface area (Å²) in [6.45, 7) is -0.0205. The Morgan fingerprint density at radius 3 is 2.23 bits per heavy atom. The third-order valence-electron chi connectivity index (χ3n) is 2.82. The third kappa shape index (κ3) is 3.97. The number of rotatable bonds is 5. The number of benzene rings is 2. The predicted octanol–water partition coefficient (Wildman–Crippen LogP) is 3.68. The lowest BCUT2D eigenvalue weighted by atomic mass is 10.2. The summed E-state index contributed by atoms with van der Waals surface area (Å²) in [6.07, 6.45) is -0.104. The molecule has 0 aromatic heterocycles. The number of anilines is 2. The molecule has 0 radical (unpaired) electrons. The van der Waals surface area contributed by atoms with Crippen molar-refractivity contribution in [2.24, 2.45) is 0 Å². The standard InChI is InChI=1S/C15H12F4N2O/c16-10-5-4-9(8-13(10)19)21-14(22)6-7-20-15-11(17)2-1-3-12(15)18/h1-5,8,20H,6-7H2,(H,21,22). The maximum Gasteiger partial charge on any atom is 0.226 e. The monoisotopic (exact) mass is 312 g/mol. The van der Waals surface area contributed by atoms with Gasteiger partial charge in [-0.3, -0.25) is 4.79 Å². The van der Waals surface area contributed by atoms with Crippen molar-refractivity contribution in [3.63, 3.8) is 0 Å². The highest BCUT2D eigenvalue weighted by atomic mass is 19.2. The Bertz CT molecular complexity index is 671.